The van der Waals surface area contributed by atoms with E-state index in [1.165, 1.54) is 12.3 Å². The number of carbonyl (C=O) groups is 1. The smallest absolute Gasteiger partial charge is 0.433 e. The van der Waals surface area contributed by atoms with E-state index in [2.05, 4.69) is 20.6 Å². The Balaban J connectivity index is 1.59. The second kappa shape index (κ2) is 9.38. The topological polar surface area (TPSA) is 99.6 Å². The Labute approximate surface area is 177 Å². The van der Waals surface area contributed by atoms with Crippen LogP contribution in [0.15, 0.2) is 30.5 Å². The van der Waals surface area contributed by atoms with E-state index in [0.717, 1.165) is 6.07 Å². The van der Waals surface area contributed by atoms with Crippen molar-refractivity contribution in [2.24, 2.45) is 5.92 Å². The molecule has 0 aromatic carbocycles. The van der Waals surface area contributed by atoms with Gasteiger partial charge in [0.15, 0.2) is 0 Å². The summed E-state index contributed by atoms with van der Waals surface area (Å²) in [6, 6.07) is 4.93. The van der Waals surface area contributed by atoms with E-state index < -0.39 is 17.9 Å². The predicted molar refractivity (Wildman–Crippen MR) is 108 cm³/mol. The number of alkyl halides is 3. The fourth-order valence-corrected chi connectivity index (χ4v) is 2.77. The van der Waals surface area contributed by atoms with Crippen molar-refractivity contribution in [2.75, 3.05) is 29.9 Å². The summed E-state index contributed by atoms with van der Waals surface area (Å²) in [7, 11) is 0. The molecule has 0 aliphatic carbocycles. The van der Waals surface area contributed by atoms with Crippen molar-refractivity contribution in [2.45, 2.75) is 32.7 Å². The van der Waals surface area contributed by atoms with Gasteiger partial charge in [0.1, 0.15) is 11.5 Å². The van der Waals surface area contributed by atoms with Gasteiger partial charge in [0.2, 0.25) is 5.88 Å². The van der Waals surface area contributed by atoms with Gasteiger partial charge in [-0.2, -0.15) is 13.2 Å². The van der Waals surface area contributed by atoms with E-state index in [4.69, 9.17) is 4.74 Å². The zero-order valence-electron chi connectivity index (χ0n) is 17.1. The number of hydrogen-bond donors (Lipinski definition) is 3. The molecule has 0 spiro atoms. The van der Waals surface area contributed by atoms with E-state index in [1.54, 1.807) is 12.1 Å². The van der Waals surface area contributed by atoms with Crippen molar-refractivity contribution in [1.82, 2.24) is 15.3 Å². The standard InChI is InChI=1S/C20H24F3N5O3/c1-12(2)11-31-18-13(3-5-16(27-18)20(21,22)23)7-25-19(30)26-14-4-6-17(24-8-14)28-9-15(29)10-28/h3-6,8,12,15,29H,7,9-11H2,1-2H3,(H2,25,26,30). The minimum Gasteiger partial charge on any atom is -0.477 e. The third-order valence-corrected chi connectivity index (χ3v) is 4.41. The van der Waals surface area contributed by atoms with E-state index in [-0.39, 0.29) is 31.1 Å². The molecular weight excluding hydrogens is 415 g/mol. The summed E-state index contributed by atoms with van der Waals surface area (Å²) < 4.78 is 44.3. The Morgan fingerprint density at radius 2 is 2.03 bits per heavy atom. The largest absolute Gasteiger partial charge is 0.477 e. The average Bonchev–Trinajstić information content (AvgIpc) is 2.68. The number of nitrogens with zero attached hydrogens (tertiary/aromatic N) is 3. The van der Waals surface area contributed by atoms with Crippen LogP contribution in [0.3, 0.4) is 0 Å². The van der Waals surface area contributed by atoms with Crippen LogP contribution in [0.25, 0.3) is 0 Å². The zero-order valence-corrected chi connectivity index (χ0v) is 17.1. The molecule has 11 heteroatoms. The molecule has 1 saturated heterocycles. The Bertz CT molecular complexity index is 900. The Hall–Kier alpha value is -3.08. The van der Waals surface area contributed by atoms with Crippen molar-refractivity contribution < 1.29 is 27.8 Å². The number of urea groups is 1. The number of anilines is 2. The number of amides is 2. The van der Waals surface area contributed by atoms with Crippen molar-refractivity contribution in [3.05, 3.63) is 41.7 Å². The molecule has 0 radical (unpaired) electrons. The van der Waals surface area contributed by atoms with Crippen molar-refractivity contribution >= 4 is 17.5 Å². The van der Waals surface area contributed by atoms with Crippen LogP contribution < -0.4 is 20.3 Å². The quantitative estimate of drug-likeness (QED) is 0.613. The first-order valence-electron chi connectivity index (χ1n) is 9.75. The molecule has 1 aliphatic heterocycles. The number of aliphatic hydroxyl groups is 1. The fourth-order valence-electron chi connectivity index (χ4n) is 2.77. The number of halogens is 3. The van der Waals surface area contributed by atoms with E-state index in [9.17, 15) is 23.1 Å². The van der Waals surface area contributed by atoms with Crippen LogP contribution in [-0.4, -0.2) is 46.9 Å². The number of aromatic nitrogens is 2. The SMILES string of the molecule is CC(C)COc1nc(C(F)(F)F)ccc1CNC(=O)Nc1ccc(N2CC(O)C2)nc1. The lowest BCUT2D eigenvalue weighted by Crippen LogP contribution is -2.51. The summed E-state index contributed by atoms with van der Waals surface area (Å²) in [5.74, 6) is 0.626. The molecule has 3 heterocycles. The van der Waals surface area contributed by atoms with Gasteiger partial charge in [-0.15, -0.1) is 0 Å². The molecule has 31 heavy (non-hydrogen) atoms. The van der Waals surface area contributed by atoms with Crippen LogP contribution >= 0.6 is 0 Å². The highest BCUT2D eigenvalue weighted by atomic mass is 19.4. The molecule has 2 aromatic rings. The van der Waals surface area contributed by atoms with Crippen molar-refractivity contribution in [3.63, 3.8) is 0 Å². The number of carbonyl (C=O) groups excluding carboxylic acids is 1. The molecule has 1 fully saturated rings. The summed E-state index contributed by atoms with van der Waals surface area (Å²) in [6.45, 7) is 4.89. The maximum absolute atomic E-state index is 13.0. The van der Waals surface area contributed by atoms with Gasteiger partial charge in [0.25, 0.3) is 0 Å². The lowest BCUT2D eigenvalue weighted by molar-refractivity contribution is -0.141. The number of pyridine rings is 2. The van der Waals surface area contributed by atoms with Gasteiger partial charge in [-0.1, -0.05) is 13.8 Å². The van der Waals surface area contributed by atoms with E-state index in [1.807, 2.05) is 18.7 Å². The van der Waals surface area contributed by atoms with E-state index >= 15 is 0 Å². The number of ether oxygens (including phenoxy) is 1. The van der Waals surface area contributed by atoms with E-state index in [0.29, 0.717) is 30.2 Å². The van der Waals surface area contributed by atoms with Crippen LogP contribution in [0.5, 0.6) is 5.88 Å². The number of rotatable bonds is 7. The number of nitrogens with one attached hydrogen (secondary N) is 2. The highest BCUT2D eigenvalue weighted by Gasteiger charge is 2.33. The number of hydrogen-bond acceptors (Lipinski definition) is 6. The van der Waals surface area contributed by atoms with Gasteiger partial charge < -0.3 is 25.4 Å². The van der Waals surface area contributed by atoms with Crippen LogP contribution in [0.1, 0.15) is 25.1 Å². The molecule has 1 aliphatic rings. The molecule has 2 aromatic heterocycles. The lowest BCUT2D eigenvalue weighted by atomic mass is 10.2. The first-order chi connectivity index (χ1) is 14.6. The molecule has 0 unspecified atom stereocenters. The Morgan fingerprint density at radius 3 is 2.61 bits per heavy atom. The fraction of sp³-hybridized carbons (Fsp3) is 0.450. The van der Waals surface area contributed by atoms with Crippen LogP contribution in [-0.2, 0) is 12.7 Å². The first kappa shape index (κ1) is 22.6. The van der Waals surface area contributed by atoms with Gasteiger partial charge >= 0.3 is 12.2 Å². The maximum atomic E-state index is 13.0. The summed E-state index contributed by atoms with van der Waals surface area (Å²) >= 11 is 0. The average molecular weight is 439 g/mol. The normalized spacial score (nSPS) is 14.4. The maximum Gasteiger partial charge on any atom is 0.433 e. The van der Waals surface area contributed by atoms with Gasteiger partial charge in [-0.3, -0.25) is 0 Å². The van der Waals surface area contributed by atoms with Gasteiger partial charge in [-0.25, -0.2) is 14.8 Å². The zero-order chi connectivity index (χ0) is 22.6. The molecule has 2 amide bonds. The molecule has 3 rings (SSSR count). The Morgan fingerprint density at radius 1 is 1.29 bits per heavy atom. The summed E-state index contributed by atoms with van der Waals surface area (Å²) in [5, 5.41) is 14.5. The highest BCUT2D eigenvalue weighted by Crippen LogP contribution is 2.30. The minimum atomic E-state index is -4.59. The molecule has 168 valence electrons. The highest BCUT2D eigenvalue weighted by molar-refractivity contribution is 5.89. The Kier molecular flexibility index (Phi) is 6.84. The third-order valence-electron chi connectivity index (χ3n) is 4.41. The molecule has 0 bridgehead atoms. The van der Waals surface area contributed by atoms with Crippen molar-refractivity contribution in [1.29, 1.82) is 0 Å². The van der Waals surface area contributed by atoms with Gasteiger partial charge in [0.05, 0.1) is 24.6 Å². The summed E-state index contributed by atoms with van der Waals surface area (Å²) in [5.41, 5.74) is -0.280. The summed E-state index contributed by atoms with van der Waals surface area (Å²) in [6.07, 6.45) is -3.46. The first-order valence-corrected chi connectivity index (χ1v) is 9.75. The second-order valence-corrected chi connectivity index (χ2v) is 7.63. The van der Waals surface area contributed by atoms with Crippen LogP contribution in [0.4, 0.5) is 29.5 Å². The number of aliphatic hydroxyl groups excluding tert-OH is 1. The second-order valence-electron chi connectivity index (χ2n) is 7.63. The third kappa shape index (κ3) is 6.20. The van der Waals surface area contributed by atoms with Crippen LogP contribution in [0.2, 0.25) is 0 Å². The minimum absolute atomic E-state index is 0.0679. The van der Waals surface area contributed by atoms with Gasteiger partial charge in [0, 0.05) is 25.2 Å². The predicted octanol–water partition coefficient (Wildman–Crippen LogP) is 3.03. The monoisotopic (exact) mass is 439 g/mol. The van der Waals surface area contributed by atoms with Crippen molar-refractivity contribution in [3.8, 4) is 5.88 Å². The molecule has 0 atom stereocenters. The molecule has 8 nitrogen and oxygen atoms in total. The number of β-amino-alcohol motifs (C(OH)–C–C–N with tert-alkyl or cyclic N) is 1. The van der Waals surface area contributed by atoms with Gasteiger partial charge in [-0.05, 0) is 30.2 Å². The molecular formula is C20H24F3N5O3. The lowest BCUT2D eigenvalue weighted by Gasteiger charge is -2.36. The molecule has 3 N–H and O–H groups in total. The summed E-state index contributed by atoms with van der Waals surface area (Å²) in [4.78, 5) is 21.9. The van der Waals surface area contributed by atoms with Crippen LogP contribution in [0, 0.1) is 5.92 Å². The molecule has 0 saturated carbocycles.